The van der Waals surface area contributed by atoms with Gasteiger partial charge in [-0.05, 0) is 56.5 Å². The molecule has 4 bridgehead atoms. The molecule has 4 rings (SSSR count). The van der Waals surface area contributed by atoms with E-state index in [1.807, 2.05) is 29.2 Å². The number of hydrogen-bond donors (Lipinski definition) is 0. The standard InChI is InChI=1S/C28H38N2O4/c1-21-8-6-11-24(27(21)33-3)19-29-14-5-4-9-23-20-30(15-13-26(23)32-2)28(31)22-10-7-12-25(18-22)34-17-16-29/h6-8,10-12,18,23,26H,4-5,9,13-17,19-20H2,1-3H3/t23-,26+/m0/s1. The first-order chi connectivity index (χ1) is 16.6. The quantitative estimate of drug-likeness (QED) is 0.662. The zero-order valence-corrected chi connectivity index (χ0v) is 20.8. The normalized spacial score (nSPS) is 22.4. The molecule has 1 saturated heterocycles. The SMILES string of the molecule is COc1c(C)cccc1CN1CCCC[C@H]2CN(CC[C@H]2OC)C(=O)c2cccc(c2)OCC1. The van der Waals surface area contributed by atoms with Crippen molar-refractivity contribution in [3.63, 3.8) is 0 Å². The van der Waals surface area contributed by atoms with Crippen LogP contribution in [0.4, 0.5) is 0 Å². The molecule has 184 valence electrons. The number of methoxy groups -OCH3 is 2. The summed E-state index contributed by atoms with van der Waals surface area (Å²) in [5.74, 6) is 2.18. The fourth-order valence-corrected chi connectivity index (χ4v) is 5.36. The molecule has 0 aliphatic carbocycles. The lowest BCUT2D eigenvalue weighted by molar-refractivity contribution is -0.00677. The number of aryl methyl sites for hydroxylation is 1. The van der Waals surface area contributed by atoms with Gasteiger partial charge in [-0.3, -0.25) is 9.69 Å². The maximum Gasteiger partial charge on any atom is 0.254 e. The molecule has 2 aromatic rings. The summed E-state index contributed by atoms with van der Waals surface area (Å²) in [6, 6.07) is 14.0. The Morgan fingerprint density at radius 3 is 2.71 bits per heavy atom. The molecule has 0 radical (unpaired) electrons. The lowest BCUT2D eigenvalue weighted by atomic mass is 9.89. The van der Waals surface area contributed by atoms with Crippen LogP contribution in [0.3, 0.4) is 0 Å². The Hall–Kier alpha value is -2.57. The number of carbonyl (C=O) groups excluding carboxylic acids is 1. The van der Waals surface area contributed by atoms with Gasteiger partial charge in [0.1, 0.15) is 18.1 Å². The van der Waals surface area contributed by atoms with E-state index in [0.717, 1.165) is 75.5 Å². The van der Waals surface area contributed by atoms with Gasteiger partial charge in [-0.2, -0.15) is 0 Å². The van der Waals surface area contributed by atoms with Crippen LogP contribution in [0.2, 0.25) is 0 Å². The second kappa shape index (κ2) is 11.7. The molecule has 2 atom stereocenters. The Morgan fingerprint density at radius 2 is 1.88 bits per heavy atom. The maximum absolute atomic E-state index is 13.2. The summed E-state index contributed by atoms with van der Waals surface area (Å²) in [6.07, 6.45) is 4.40. The van der Waals surface area contributed by atoms with Crippen LogP contribution in [0.5, 0.6) is 11.5 Å². The molecular formula is C28H38N2O4. The summed E-state index contributed by atoms with van der Waals surface area (Å²) >= 11 is 0. The van der Waals surface area contributed by atoms with Gasteiger partial charge in [0, 0.05) is 50.3 Å². The van der Waals surface area contributed by atoms with Crippen molar-refractivity contribution in [1.29, 1.82) is 0 Å². The molecule has 34 heavy (non-hydrogen) atoms. The predicted molar refractivity (Wildman–Crippen MR) is 134 cm³/mol. The van der Waals surface area contributed by atoms with Crippen molar-refractivity contribution in [1.82, 2.24) is 9.80 Å². The first-order valence-corrected chi connectivity index (χ1v) is 12.5. The first kappa shape index (κ1) is 24.6. The van der Waals surface area contributed by atoms with Crippen molar-refractivity contribution in [2.75, 3.05) is 47.0 Å². The number of fused-ring (bicyclic) bond motifs is 4. The van der Waals surface area contributed by atoms with Crippen LogP contribution in [0.1, 0.15) is 47.2 Å². The van der Waals surface area contributed by atoms with Crippen LogP contribution in [-0.4, -0.2) is 68.8 Å². The first-order valence-electron chi connectivity index (χ1n) is 12.5. The summed E-state index contributed by atoms with van der Waals surface area (Å²) in [4.78, 5) is 17.7. The molecule has 0 aromatic heterocycles. The third-order valence-electron chi connectivity index (χ3n) is 7.20. The molecule has 0 saturated carbocycles. The number of carbonyl (C=O) groups is 1. The second-order valence-electron chi connectivity index (χ2n) is 9.49. The fourth-order valence-electron chi connectivity index (χ4n) is 5.36. The second-order valence-corrected chi connectivity index (χ2v) is 9.49. The van der Waals surface area contributed by atoms with Gasteiger partial charge in [-0.15, -0.1) is 0 Å². The molecule has 1 fully saturated rings. The average molecular weight is 467 g/mol. The van der Waals surface area contributed by atoms with E-state index in [2.05, 4.69) is 30.0 Å². The van der Waals surface area contributed by atoms with E-state index in [0.29, 0.717) is 18.1 Å². The Bertz CT molecular complexity index is 963. The van der Waals surface area contributed by atoms with Crippen LogP contribution < -0.4 is 9.47 Å². The maximum atomic E-state index is 13.2. The minimum atomic E-state index is 0.0908. The molecule has 0 spiro atoms. The molecule has 6 nitrogen and oxygen atoms in total. The number of nitrogens with zero attached hydrogens (tertiary/aromatic N) is 2. The van der Waals surface area contributed by atoms with E-state index in [1.165, 1.54) is 5.56 Å². The number of ether oxygens (including phenoxy) is 3. The van der Waals surface area contributed by atoms with E-state index >= 15 is 0 Å². The van der Waals surface area contributed by atoms with Gasteiger partial charge >= 0.3 is 0 Å². The Morgan fingerprint density at radius 1 is 1.03 bits per heavy atom. The van der Waals surface area contributed by atoms with E-state index in [1.54, 1.807) is 14.2 Å². The van der Waals surface area contributed by atoms with Gasteiger partial charge < -0.3 is 19.1 Å². The summed E-state index contributed by atoms with van der Waals surface area (Å²) in [6.45, 7) is 6.79. The topological polar surface area (TPSA) is 51.2 Å². The monoisotopic (exact) mass is 466 g/mol. The summed E-state index contributed by atoms with van der Waals surface area (Å²) in [5, 5.41) is 0. The molecule has 2 aromatic carbocycles. The number of para-hydroxylation sites is 1. The van der Waals surface area contributed by atoms with Crippen molar-refractivity contribution in [3.8, 4) is 11.5 Å². The zero-order valence-electron chi connectivity index (χ0n) is 20.8. The van der Waals surface area contributed by atoms with Crippen LogP contribution in [0.25, 0.3) is 0 Å². The zero-order chi connectivity index (χ0) is 23.9. The minimum absolute atomic E-state index is 0.0908. The molecule has 6 heteroatoms. The highest BCUT2D eigenvalue weighted by Gasteiger charge is 2.31. The summed E-state index contributed by atoms with van der Waals surface area (Å²) in [5.41, 5.74) is 3.06. The number of benzene rings is 2. The van der Waals surface area contributed by atoms with Crippen molar-refractivity contribution >= 4 is 5.91 Å². The Labute approximate surface area is 203 Å². The van der Waals surface area contributed by atoms with Crippen molar-refractivity contribution < 1.29 is 19.0 Å². The van der Waals surface area contributed by atoms with Crippen molar-refractivity contribution in [2.24, 2.45) is 5.92 Å². The smallest absolute Gasteiger partial charge is 0.254 e. The molecule has 2 aliphatic rings. The molecule has 2 aliphatic heterocycles. The lowest BCUT2D eigenvalue weighted by Gasteiger charge is -2.38. The molecule has 0 N–H and O–H groups in total. The average Bonchev–Trinajstić information content (AvgIpc) is 2.86. The van der Waals surface area contributed by atoms with Gasteiger partial charge in [0.05, 0.1) is 13.2 Å². The van der Waals surface area contributed by atoms with Crippen LogP contribution in [0, 0.1) is 12.8 Å². The van der Waals surface area contributed by atoms with Crippen molar-refractivity contribution in [2.45, 2.75) is 45.3 Å². The van der Waals surface area contributed by atoms with E-state index in [4.69, 9.17) is 14.2 Å². The molecule has 1 amide bonds. The van der Waals surface area contributed by atoms with Gasteiger partial charge in [0.25, 0.3) is 5.91 Å². The molecule has 2 heterocycles. The number of piperidine rings is 1. The van der Waals surface area contributed by atoms with E-state index in [-0.39, 0.29) is 12.0 Å². The minimum Gasteiger partial charge on any atom is -0.496 e. The number of hydrogen-bond acceptors (Lipinski definition) is 5. The predicted octanol–water partition coefficient (Wildman–Crippen LogP) is 4.55. The van der Waals surface area contributed by atoms with Gasteiger partial charge in [-0.25, -0.2) is 0 Å². The highest BCUT2D eigenvalue weighted by Crippen LogP contribution is 2.28. The van der Waals surface area contributed by atoms with Crippen LogP contribution >= 0.6 is 0 Å². The van der Waals surface area contributed by atoms with E-state index < -0.39 is 0 Å². The molecule has 0 unspecified atom stereocenters. The third kappa shape index (κ3) is 5.91. The van der Waals surface area contributed by atoms with E-state index in [9.17, 15) is 4.79 Å². The van der Waals surface area contributed by atoms with Crippen LogP contribution in [-0.2, 0) is 11.3 Å². The lowest BCUT2D eigenvalue weighted by Crippen LogP contribution is -2.46. The van der Waals surface area contributed by atoms with Gasteiger partial charge in [-0.1, -0.05) is 30.7 Å². The Balaban J connectivity index is 1.53. The van der Waals surface area contributed by atoms with Gasteiger partial charge in [0.15, 0.2) is 0 Å². The highest BCUT2D eigenvalue weighted by molar-refractivity contribution is 5.94. The third-order valence-corrected chi connectivity index (χ3v) is 7.20. The van der Waals surface area contributed by atoms with Gasteiger partial charge in [0.2, 0.25) is 0 Å². The Kier molecular flexibility index (Phi) is 8.46. The highest BCUT2D eigenvalue weighted by atomic mass is 16.5. The summed E-state index contributed by atoms with van der Waals surface area (Å²) in [7, 11) is 3.55. The largest absolute Gasteiger partial charge is 0.496 e. The summed E-state index contributed by atoms with van der Waals surface area (Å²) < 4.78 is 17.6. The number of rotatable bonds is 4. The molecular weight excluding hydrogens is 428 g/mol. The van der Waals surface area contributed by atoms with Crippen molar-refractivity contribution in [3.05, 3.63) is 59.2 Å². The number of amides is 1. The van der Waals surface area contributed by atoms with Crippen LogP contribution in [0.15, 0.2) is 42.5 Å². The fraction of sp³-hybridized carbons (Fsp3) is 0.536.